The van der Waals surface area contributed by atoms with E-state index in [9.17, 15) is 0 Å². The topological polar surface area (TPSA) is 45.9 Å². The Bertz CT molecular complexity index is 824. The molecular weight excluding hydrogens is 272 g/mol. The monoisotopic (exact) mass is 280 g/mol. The molecule has 0 bridgehead atoms. The largest absolute Gasteiger partial charge is 0.454 e. The molecule has 0 aliphatic rings. The molecule has 4 heteroatoms. The van der Waals surface area contributed by atoms with E-state index in [-0.39, 0.29) is 0 Å². The van der Waals surface area contributed by atoms with Gasteiger partial charge in [0.2, 0.25) is 0 Å². The molecule has 0 saturated carbocycles. The number of fused-ring (bicyclic) bond motifs is 1. The van der Waals surface area contributed by atoms with Gasteiger partial charge in [0, 0.05) is 11.6 Å². The maximum absolute atomic E-state index is 9.09. The minimum absolute atomic E-state index is 0.478. The zero-order valence-electron chi connectivity index (χ0n) is 10.4. The zero-order chi connectivity index (χ0) is 13.9. The van der Waals surface area contributed by atoms with Gasteiger partial charge in [-0.1, -0.05) is 23.7 Å². The molecule has 0 spiro atoms. The van der Waals surface area contributed by atoms with E-state index in [1.165, 1.54) is 0 Å². The number of hydrogen-bond donors (Lipinski definition) is 0. The van der Waals surface area contributed by atoms with Crippen LogP contribution < -0.4 is 4.74 Å². The molecule has 0 saturated heterocycles. The fourth-order valence-electron chi connectivity index (χ4n) is 1.96. The van der Waals surface area contributed by atoms with Gasteiger partial charge in [0.1, 0.15) is 17.3 Å². The highest BCUT2D eigenvalue weighted by molar-refractivity contribution is 6.35. The summed E-state index contributed by atoms with van der Waals surface area (Å²) in [5.41, 5.74) is 1.15. The number of rotatable bonds is 2. The van der Waals surface area contributed by atoms with Crippen LogP contribution in [0.25, 0.3) is 10.9 Å². The summed E-state index contributed by atoms with van der Waals surface area (Å²) in [4.78, 5) is 4.30. The Morgan fingerprint density at radius 2 is 1.85 bits per heavy atom. The smallest absolute Gasteiger partial charge is 0.153 e. The highest BCUT2D eigenvalue weighted by Gasteiger charge is 2.09. The maximum atomic E-state index is 9.09. The van der Waals surface area contributed by atoms with Gasteiger partial charge in [0.25, 0.3) is 0 Å². The van der Waals surface area contributed by atoms with Crippen molar-refractivity contribution in [2.24, 2.45) is 0 Å². The van der Waals surface area contributed by atoms with Gasteiger partial charge in [0.15, 0.2) is 5.75 Å². The lowest BCUT2D eigenvalue weighted by Crippen LogP contribution is -1.90. The van der Waals surface area contributed by atoms with Gasteiger partial charge in [-0.2, -0.15) is 5.26 Å². The molecule has 2 aromatic carbocycles. The average Bonchev–Trinajstić information content (AvgIpc) is 2.51. The highest BCUT2D eigenvalue weighted by atomic mass is 35.5. The van der Waals surface area contributed by atoms with Crippen molar-refractivity contribution >= 4 is 22.5 Å². The Morgan fingerprint density at radius 1 is 1.00 bits per heavy atom. The van der Waals surface area contributed by atoms with E-state index in [1.54, 1.807) is 36.5 Å². The Balaban J connectivity index is 2.12. The van der Waals surface area contributed by atoms with Crippen LogP contribution in [-0.2, 0) is 0 Å². The second kappa shape index (κ2) is 5.20. The summed E-state index contributed by atoms with van der Waals surface area (Å²) in [6, 6.07) is 16.4. The molecule has 0 unspecified atom stereocenters. The molecule has 96 valence electrons. The van der Waals surface area contributed by atoms with Crippen LogP contribution in [0.3, 0.4) is 0 Å². The molecule has 1 heterocycles. The summed E-state index contributed by atoms with van der Waals surface area (Å²) in [6.07, 6.45) is 1.68. The summed E-state index contributed by atoms with van der Waals surface area (Å²) >= 11 is 6.14. The first-order chi connectivity index (χ1) is 9.79. The Kier molecular flexibility index (Phi) is 3.24. The van der Waals surface area contributed by atoms with E-state index >= 15 is 0 Å². The molecule has 0 aliphatic heterocycles. The molecule has 0 amide bonds. The maximum Gasteiger partial charge on any atom is 0.153 e. The molecule has 1 aromatic heterocycles. The Morgan fingerprint density at radius 3 is 2.70 bits per heavy atom. The summed E-state index contributed by atoms with van der Waals surface area (Å²) in [7, 11) is 0. The van der Waals surface area contributed by atoms with Crippen LogP contribution in [0.2, 0.25) is 5.02 Å². The summed E-state index contributed by atoms with van der Waals surface area (Å²) in [6.45, 7) is 0. The SMILES string of the molecule is N#Cc1ccccc1Oc1ccc(Cl)c2cccnc12. The first-order valence-corrected chi connectivity index (χ1v) is 6.37. The molecule has 3 nitrogen and oxygen atoms in total. The van der Waals surface area contributed by atoms with Crippen LogP contribution in [0.4, 0.5) is 0 Å². The average molecular weight is 281 g/mol. The number of aromatic nitrogens is 1. The normalized spacial score (nSPS) is 10.2. The third-order valence-corrected chi connectivity index (χ3v) is 3.24. The van der Waals surface area contributed by atoms with E-state index in [0.29, 0.717) is 27.6 Å². The Labute approximate surface area is 121 Å². The number of benzene rings is 2. The van der Waals surface area contributed by atoms with Crippen molar-refractivity contribution in [3.8, 4) is 17.6 Å². The fraction of sp³-hybridized carbons (Fsp3) is 0. The van der Waals surface area contributed by atoms with E-state index in [2.05, 4.69) is 11.1 Å². The van der Waals surface area contributed by atoms with Crippen LogP contribution in [0.1, 0.15) is 5.56 Å². The van der Waals surface area contributed by atoms with Crippen LogP contribution in [0.15, 0.2) is 54.7 Å². The third kappa shape index (κ3) is 2.18. The van der Waals surface area contributed by atoms with Gasteiger partial charge in [0.05, 0.1) is 10.6 Å². The van der Waals surface area contributed by atoms with Gasteiger partial charge < -0.3 is 4.74 Å². The fourth-order valence-corrected chi connectivity index (χ4v) is 2.18. The van der Waals surface area contributed by atoms with Crippen molar-refractivity contribution in [3.05, 3.63) is 65.3 Å². The van der Waals surface area contributed by atoms with Crippen molar-refractivity contribution in [3.63, 3.8) is 0 Å². The second-order valence-corrected chi connectivity index (χ2v) is 4.56. The summed E-state index contributed by atoms with van der Waals surface area (Å²) in [5.74, 6) is 1.08. The predicted molar refractivity (Wildman–Crippen MR) is 78.0 cm³/mol. The number of para-hydroxylation sites is 1. The zero-order valence-corrected chi connectivity index (χ0v) is 11.1. The van der Waals surface area contributed by atoms with Gasteiger partial charge in [-0.15, -0.1) is 0 Å². The van der Waals surface area contributed by atoms with E-state index in [1.807, 2.05) is 18.2 Å². The van der Waals surface area contributed by atoms with Crippen molar-refractivity contribution in [2.75, 3.05) is 0 Å². The molecule has 0 atom stereocenters. The van der Waals surface area contributed by atoms with Gasteiger partial charge in [-0.05, 0) is 36.4 Å². The lowest BCUT2D eigenvalue weighted by molar-refractivity contribution is 0.485. The van der Waals surface area contributed by atoms with Gasteiger partial charge >= 0.3 is 0 Å². The molecule has 0 aliphatic carbocycles. The molecule has 3 aromatic rings. The van der Waals surface area contributed by atoms with Crippen molar-refractivity contribution < 1.29 is 4.74 Å². The molecule has 0 fully saturated rings. The minimum atomic E-state index is 0.478. The minimum Gasteiger partial charge on any atom is -0.454 e. The first-order valence-electron chi connectivity index (χ1n) is 6.00. The third-order valence-electron chi connectivity index (χ3n) is 2.91. The van der Waals surface area contributed by atoms with Crippen molar-refractivity contribution in [2.45, 2.75) is 0 Å². The van der Waals surface area contributed by atoms with Gasteiger partial charge in [-0.25, -0.2) is 0 Å². The number of nitriles is 1. The standard InChI is InChI=1S/C16H9ClN2O/c17-13-7-8-15(16-12(13)5-3-9-19-16)20-14-6-2-1-4-11(14)10-18/h1-9H. The van der Waals surface area contributed by atoms with Crippen LogP contribution in [-0.4, -0.2) is 4.98 Å². The number of hydrogen-bond acceptors (Lipinski definition) is 3. The molecule has 0 N–H and O–H groups in total. The van der Waals surface area contributed by atoms with Crippen molar-refractivity contribution in [1.29, 1.82) is 5.26 Å². The van der Waals surface area contributed by atoms with E-state index < -0.39 is 0 Å². The van der Waals surface area contributed by atoms with Crippen LogP contribution >= 0.6 is 11.6 Å². The predicted octanol–water partition coefficient (Wildman–Crippen LogP) is 4.55. The number of pyridine rings is 1. The van der Waals surface area contributed by atoms with Crippen molar-refractivity contribution in [1.82, 2.24) is 4.98 Å². The number of ether oxygens (including phenoxy) is 1. The molecule has 0 radical (unpaired) electrons. The molecule has 20 heavy (non-hydrogen) atoms. The quantitative estimate of drug-likeness (QED) is 0.691. The second-order valence-electron chi connectivity index (χ2n) is 4.16. The Hall–Kier alpha value is -2.57. The first kappa shape index (κ1) is 12.5. The number of nitrogens with zero attached hydrogens (tertiary/aromatic N) is 2. The van der Waals surface area contributed by atoms with E-state index in [4.69, 9.17) is 21.6 Å². The molecule has 3 rings (SSSR count). The van der Waals surface area contributed by atoms with Gasteiger partial charge in [-0.3, -0.25) is 4.98 Å². The molecular formula is C16H9ClN2O. The summed E-state index contributed by atoms with van der Waals surface area (Å²) in [5, 5.41) is 10.5. The van der Waals surface area contributed by atoms with Crippen LogP contribution in [0, 0.1) is 11.3 Å². The number of halogens is 1. The summed E-state index contributed by atoms with van der Waals surface area (Å²) < 4.78 is 5.83. The lowest BCUT2D eigenvalue weighted by atomic mass is 10.2. The van der Waals surface area contributed by atoms with Crippen LogP contribution in [0.5, 0.6) is 11.5 Å². The van der Waals surface area contributed by atoms with E-state index in [0.717, 1.165) is 5.39 Å². The highest BCUT2D eigenvalue weighted by Crippen LogP contribution is 2.33. The lowest BCUT2D eigenvalue weighted by Gasteiger charge is -2.10.